The second-order valence-electron chi connectivity index (χ2n) is 3.50. The molecule has 0 bridgehead atoms. The van der Waals surface area contributed by atoms with E-state index in [0.29, 0.717) is 5.75 Å². The van der Waals surface area contributed by atoms with Crippen molar-refractivity contribution in [2.45, 2.75) is 12.8 Å². The maximum Gasteiger partial charge on any atom is 0.314 e. The number of rotatable bonds is 4. The van der Waals surface area contributed by atoms with Crippen LogP contribution in [0.2, 0.25) is 0 Å². The lowest BCUT2D eigenvalue weighted by atomic mass is 9.94. The third-order valence-electron chi connectivity index (χ3n) is 2.57. The Bertz CT molecular complexity index is 377. The fourth-order valence-corrected chi connectivity index (χ4v) is 1.75. The van der Waals surface area contributed by atoms with Gasteiger partial charge in [0.2, 0.25) is 0 Å². The molecule has 4 nitrogen and oxygen atoms in total. The molecule has 4 heteroatoms. The molecular formula is C12H17NO3. The molecule has 1 aromatic carbocycles. The number of esters is 1. The van der Waals surface area contributed by atoms with Crippen LogP contribution in [0.1, 0.15) is 17.0 Å². The van der Waals surface area contributed by atoms with Gasteiger partial charge in [0, 0.05) is 12.1 Å². The van der Waals surface area contributed by atoms with Crippen molar-refractivity contribution >= 4 is 5.97 Å². The standard InChI is InChI=1S/C12H17NO3/c1-8-5-4-6-10(15-2)11(8)9(7-13)12(14)16-3/h4-6,9H,7,13H2,1-3H3. The highest BCUT2D eigenvalue weighted by atomic mass is 16.5. The molecule has 2 N–H and O–H groups in total. The molecule has 1 rings (SSSR count). The van der Waals surface area contributed by atoms with Gasteiger partial charge in [0.05, 0.1) is 20.1 Å². The van der Waals surface area contributed by atoms with Crippen molar-refractivity contribution < 1.29 is 14.3 Å². The minimum absolute atomic E-state index is 0.202. The van der Waals surface area contributed by atoms with E-state index in [2.05, 4.69) is 0 Å². The first-order chi connectivity index (χ1) is 7.65. The molecule has 0 radical (unpaired) electrons. The molecule has 0 spiro atoms. The predicted molar refractivity (Wildman–Crippen MR) is 61.5 cm³/mol. The van der Waals surface area contributed by atoms with Crippen LogP contribution in [0.25, 0.3) is 0 Å². The number of carbonyl (C=O) groups is 1. The minimum atomic E-state index is -0.471. The van der Waals surface area contributed by atoms with Gasteiger partial charge in [0.1, 0.15) is 5.75 Å². The predicted octanol–water partition coefficient (Wildman–Crippen LogP) is 1.22. The summed E-state index contributed by atoms with van der Waals surface area (Å²) in [6, 6.07) is 5.61. The zero-order valence-corrected chi connectivity index (χ0v) is 9.82. The van der Waals surface area contributed by atoms with Gasteiger partial charge in [-0.25, -0.2) is 0 Å². The molecule has 16 heavy (non-hydrogen) atoms. The highest BCUT2D eigenvalue weighted by Gasteiger charge is 2.24. The van der Waals surface area contributed by atoms with Gasteiger partial charge in [0.15, 0.2) is 0 Å². The molecule has 0 aromatic heterocycles. The fraction of sp³-hybridized carbons (Fsp3) is 0.417. The number of methoxy groups -OCH3 is 2. The van der Waals surface area contributed by atoms with Gasteiger partial charge in [-0.05, 0) is 18.6 Å². The quantitative estimate of drug-likeness (QED) is 0.779. The molecule has 1 unspecified atom stereocenters. The van der Waals surface area contributed by atoms with Crippen LogP contribution in [0, 0.1) is 6.92 Å². The molecule has 0 aliphatic heterocycles. The van der Waals surface area contributed by atoms with Gasteiger partial charge in [0.25, 0.3) is 0 Å². The molecule has 0 amide bonds. The smallest absolute Gasteiger partial charge is 0.314 e. The lowest BCUT2D eigenvalue weighted by molar-refractivity contribution is -0.142. The van der Waals surface area contributed by atoms with Crippen molar-refractivity contribution in [3.8, 4) is 5.75 Å². The number of aryl methyl sites for hydroxylation is 1. The van der Waals surface area contributed by atoms with Crippen LogP contribution >= 0.6 is 0 Å². The van der Waals surface area contributed by atoms with Gasteiger partial charge in [-0.1, -0.05) is 12.1 Å². The van der Waals surface area contributed by atoms with Crippen LogP contribution in [0.15, 0.2) is 18.2 Å². The topological polar surface area (TPSA) is 61.5 Å². The van der Waals surface area contributed by atoms with Gasteiger partial charge < -0.3 is 15.2 Å². The number of carbonyl (C=O) groups excluding carboxylic acids is 1. The third-order valence-corrected chi connectivity index (χ3v) is 2.57. The number of hydrogen-bond acceptors (Lipinski definition) is 4. The normalized spacial score (nSPS) is 12.0. The zero-order valence-electron chi connectivity index (χ0n) is 9.82. The fourth-order valence-electron chi connectivity index (χ4n) is 1.75. The zero-order chi connectivity index (χ0) is 12.1. The van der Waals surface area contributed by atoms with E-state index >= 15 is 0 Å². The SMILES string of the molecule is COC(=O)C(CN)c1c(C)cccc1OC. The summed E-state index contributed by atoms with van der Waals surface area (Å²) in [7, 11) is 2.93. The summed E-state index contributed by atoms with van der Waals surface area (Å²) in [6.07, 6.45) is 0. The second kappa shape index (κ2) is 5.51. The molecule has 1 atom stereocenters. The molecule has 0 saturated heterocycles. The second-order valence-corrected chi connectivity index (χ2v) is 3.50. The Morgan fingerprint density at radius 3 is 2.62 bits per heavy atom. The van der Waals surface area contributed by atoms with Crippen molar-refractivity contribution in [3.05, 3.63) is 29.3 Å². The molecule has 0 saturated carbocycles. The maximum absolute atomic E-state index is 11.6. The maximum atomic E-state index is 11.6. The Morgan fingerprint density at radius 2 is 2.12 bits per heavy atom. The average molecular weight is 223 g/mol. The molecule has 0 aliphatic carbocycles. The van der Waals surface area contributed by atoms with Crippen molar-refractivity contribution in [3.63, 3.8) is 0 Å². The van der Waals surface area contributed by atoms with Crippen LogP contribution < -0.4 is 10.5 Å². The van der Waals surface area contributed by atoms with Gasteiger partial charge in [-0.3, -0.25) is 4.79 Å². The van der Waals surface area contributed by atoms with E-state index in [4.69, 9.17) is 15.2 Å². The van der Waals surface area contributed by atoms with Crippen molar-refractivity contribution in [2.75, 3.05) is 20.8 Å². The van der Waals surface area contributed by atoms with Crippen LogP contribution in [0.5, 0.6) is 5.75 Å². The highest BCUT2D eigenvalue weighted by Crippen LogP contribution is 2.30. The van der Waals surface area contributed by atoms with Crippen LogP contribution in [-0.2, 0) is 9.53 Å². The Labute approximate surface area is 95.3 Å². The van der Waals surface area contributed by atoms with E-state index in [0.717, 1.165) is 11.1 Å². The lowest BCUT2D eigenvalue weighted by Gasteiger charge is -2.18. The Morgan fingerprint density at radius 1 is 1.44 bits per heavy atom. The first-order valence-corrected chi connectivity index (χ1v) is 5.07. The molecule has 88 valence electrons. The van der Waals surface area contributed by atoms with E-state index in [9.17, 15) is 4.79 Å². The molecule has 0 aliphatic rings. The van der Waals surface area contributed by atoms with Gasteiger partial charge in [-0.15, -0.1) is 0 Å². The number of nitrogens with two attached hydrogens (primary N) is 1. The first-order valence-electron chi connectivity index (χ1n) is 5.07. The molecule has 0 fully saturated rings. The van der Waals surface area contributed by atoms with E-state index < -0.39 is 5.92 Å². The Hall–Kier alpha value is -1.55. The van der Waals surface area contributed by atoms with Gasteiger partial charge >= 0.3 is 5.97 Å². The summed E-state index contributed by atoms with van der Waals surface area (Å²) in [6.45, 7) is 2.12. The minimum Gasteiger partial charge on any atom is -0.496 e. The summed E-state index contributed by atoms with van der Waals surface area (Å²) in [5, 5.41) is 0. The monoisotopic (exact) mass is 223 g/mol. The van der Waals surface area contributed by atoms with Crippen molar-refractivity contribution in [1.82, 2.24) is 0 Å². The molecular weight excluding hydrogens is 206 g/mol. The average Bonchev–Trinajstić information content (AvgIpc) is 2.31. The summed E-state index contributed by atoms with van der Waals surface area (Å²) in [4.78, 5) is 11.6. The number of hydrogen-bond donors (Lipinski definition) is 1. The van der Waals surface area contributed by atoms with Crippen molar-refractivity contribution in [1.29, 1.82) is 0 Å². The third kappa shape index (κ3) is 2.33. The number of ether oxygens (including phenoxy) is 2. The Balaban J connectivity index is 3.22. The number of benzene rings is 1. The summed E-state index contributed by atoms with van der Waals surface area (Å²) >= 11 is 0. The van der Waals surface area contributed by atoms with Crippen LogP contribution in [-0.4, -0.2) is 26.7 Å². The van der Waals surface area contributed by atoms with Gasteiger partial charge in [-0.2, -0.15) is 0 Å². The van der Waals surface area contributed by atoms with Crippen LogP contribution in [0.3, 0.4) is 0 Å². The summed E-state index contributed by atoms with van der Waals surface area (Å²) in [5.74, 6) is -0.142. The van der Waals surface area contributed by atoms with E-state index in [1.807, 2.05) is 25.1 Å². The lowest BCUT2D eigenvalue weighted by Crippen LogP contribution is -2.24. The van der Waals surface area contributed by atoms with Crippen LogP contribution in [0.4, 0.5) is 0 Å². The first kappa shape index (κ1) is 12.5. The van der Waals surface area contributed by atoms with E-state index in [1.54, 1.807) is 7.11 Å². The summed E-state index contributed by atoms with van der Waals surface area (Å²) < 4.78 is 9.98. The largest absolute Gasteiger partial charge is 0.496 e. The van der Waals surface area contributed by atoms with E-state index in [-0.39, 0.29) is 12.5 Å². The van der Waals surface area contributed by atoms with Crippen molar-refractivity contribution in [2.24, 2.45) is 5.73 Å². The molecule has 1 aromatic rings. The summed E-state index contributed by atoms with van der Waals surface area (Å²) in [5.41, 5.74) is 7.39. The highest BCUT2D eigenvalue weighted by molar-refractivity contribution is 5.80. The molecule has 0 heterocycles. The van der Waals surface area contributed by atoms with E-state index in [1.165, 1.54) is 7.11 Å². The Kier molecular flexibility index (Phi) is 4.31.